The number of ether oxygens (including phenoxy) is 2. The SMILES string of the molecule is CC(C)C(N)C(=O)Nc1cc2c(cc1[N+](=O)[O-])OCCO2. The molecular formula is C13H17N3O5. The molecular weight excluding hydrogens is 278 g/mol. The van der Waals surface area contributed by atoms with Gasteiger partial charge in [0.15, 0.2) is 11.5 Å². The summed E-state index contributed by atoms with van der Waals surface area (Å²) in [6, 6.07) is 1.88. The lowest BCUT2D eigenvalue weighted by atomic mass is 10.0. The zero-order valence-corrected chi connectivity index (χ0v) is 11.8. The summed E-state index contributed by atoms with van der Waals surface area (Å²) in [5.41, 5.74) is 5.52. The van der Waals surface area contributed by atoms with Gasteiger partial charge in [-0.25, -0.2) is 0 Å². The molecule has 114 valence electrons. The van der Waals surface area contributed by atoms with E-state index in [0.29, 0.717) is 24.7 Å². The van der Waals surface area contributed by atoms with E-state index < -0.39 is 16.9 Å². The highest BCUT2D eigenvalue weighted by Gasteiger charge is 2.25. The molecule has 1 aromatic rings. The molecule has 0 aromatic heterocycles. The summed E-state index contributed by atoms with van der Waals surface area (Å²) in [6.45, 7) is 4.27. The Balaban J connectivity index is 2.33. The van der Waals surface area contributed by atoms with Gasteiger partial charge in [-0.2, -0.15) is 0 Å². The van der Waals surface area contributed by atoms with Gasteiger partial charge in [0.1, 0.15) is 18.9 Å². The Morgan fingerprint density at radius 3 is 2.43 bits per heavy atom. The number of nitrogens with two attached hydrogens (primary N) is 1. The second kappa shape index (κ2) is 5.96. The Morgan fingerprint density at radius 2 is 1.90 bits per heavy atom. The lowest BCUT2D eigenvalue weighted by Crippen LogP contribution is -2.39. The number of nitrogens with one attached hydrogen (secondary N) is 1. The van der Waals surface area contributed by atoms with Crippen molar-refractivity contribution < 1.29 is 19.2 Å². The number of hydrogen-bond acceptors (Lipinski definition) is 6. The van der Waals surface area contributed by atoms with Gasteiger partial charge in [-0.3, -0.25) is 14.9 Å². The maximum Gasteiger partial charge on any atom is 0.296 e. The van der Waals surface area contributed by atoms with Gasteiger partial charge < -0.3 is 20.5 Å². The summed E-state index contributed by atoms with van der Waals surface area (Å²) in [7, 11) is 0. The van der Waals surface area contributed by atoms with Crippen LogP contribution in [0.15, 0.2) is 12.1 Å². The van der Waals surface area contributed by atoms with Crippen molar-refractivity contribution in [2.45, 2.75) is 19.9 Å². The predicted molar refractivity (Wildman–Crippen MR) is 75.5 cm³/mol. The van der Waals surface area contributed by atoms with Crippen LogP contribution >= 0.6 is 0 Å². The van der Waals surface area contributed by atoms with E-state index in [2.05, 4.69) is 5.32 Å². The fourth-order valence-corrected chi connectivity index (χ4v) is 1.85. The number of hydrogen-bond donors (Lipinski definition) is 2. The summed E-state index contributed by atoms with van der Waals surface area (Å²) in [6.07, 6.45) is 0. The fraction of sp³-hybridized carbons (Fsp3) is 0.462. The number of anilines is 1. The third kappa shape index (κ3) is 3.22. The van der Waals surface area contributed by atoms with E-state index in [1.165, 1.54) is 12.1 Å². The number of nitrogens with zero attached hydrogens (tertiary/aromatic N) is 1. The fourth-order valence-electron chi connectivity index (χ4n) is 1.85. The van der Waals surface area contributed by atoms with E-state index in [1.807, 2.05) is 0 Å². The molecule has 2 rings (SSSR count). The number of nitro groups is 1. The highest BCUT2D eigenvalue weighted by molar-refractivity contribution is 5.97. The lowest BCUT2D eigenvalue weighted by molar-refractivity contribution is -0.384. The molecule has 0 radical (unpaired) electrons. The molecule has 8 heteroatoms. The van der Waals surface area contributed by atoms with Gasteiger partial charge in [-0.1, -0.05) is 13.8 Å². The zero-order valence-electron chi connectivity index (χ0n) is 11.8. The molecule has 1 aliphatic rings. The van der Waals surface area contributed by atoms with Gasteiger partial charge in [-0.05, 0) is 5.92 Å². The predicted octanol–water partition coefficient (Wildman–Crippen LogP) is 1.29. The Morgan fingerprint density at radius 1 is 1.33 bits per heavy atom. The van der Waals surface area contributed by atoms with E-state index in [4.69, 9.17) is 15.2 Å². The van der Waals surface area contributed by atoms with Crippen LogP contribution in [-0.2, 0) is 4.79 Å². The third-order valence-corrected chi connectivity index (χ3v) is 3.14. The Kier molecular flexibility index (Phi) is 4.27. The van der Waals surface area contributed by atoms with Crippen LogP contribution in [0.25, 0.3) is 0 Å². The number of rotatable bonds is 4. The van der Waals surface area contributed by atoms with E-state index in [-0.39, 0.29) is 17.3 Å². The van der Waals surface area contributed by atoms with Crippen LogP contribution in [0.4, 0.5) is 11.4 Å². The van der Waals surface area contributed by atoms with Gasteiger partial charge in [0.05, 0.1) is 17.0 Å². The van der Waals surface area contributed by atoms with Gasteiger partial charge in [0.25, 0.3) is 5.69 Å². The first-order chi connectivity index (χ1) is 9.90. The molecule has 21 heavy (non-hydrogen) atoms. The molecule has 0 aliphatic carbocycles. The van der Waals surface area contributed by atoms with Crippen molar-refractivity contribution in [1.29, 1.82) is 0 Å². The van der Waals surface area contributed by atoms with E-state index in [0.717, 1.165) is 0 Å². The Labute approximate surface area is 121 Å². The maximum atomic E-state index is 12.0. The molecule has 0 saturated carbocycles. The molecule has 3 N–H and O–H groups in total. The number of nitro benzene ring substituents is 1. The molecule has 0 saturated heterocycles. The smallest absolute Gasteiger partial charge is 0.296 e. The van der Waals surface area contributed by atoms with Crippen molar-refractivity contribution in [3.8, 4) is 11.5 Å². The van der Waals surface area contributed by atoms with E-state index in [1.54, 1.807) is 13.8 Å². The summed E-state index contributed by atoms with van der Waals surface area (Å²) in [4.78, 5) is 22.5. The van der Waals surface area contributed by atoms with Gasteiger partial charge in [0, 0.05) is 6.07 Å². The van der Waals surface area contributed by atoms with Gasteiger partial charge >= 0.3 is 0 Å². The lowest BCUT2D eigenvalue weighted by Gasteiger charge is -2.20. The van der Waals surface area contributed by atoms with Crippen molar-refractivity contribution >= 4 is 17.3 Å². The first-order valence-corrected chi connectivity index (χ1v) is 6.54. The van der Waals surface area contributed by atoms with Crippen molar-refractivity contribution in [2.75, 3.05) is 18.5 Å². The van der Waals surface area contributed by atoms with Crippen molar-refractivity contribution in [1.82, 2.24) is 0 Å². The quantitative estimate of drug-likeness (QED) is 0.638. The van der Waals surface area contributed by atoms with Crippen LogP contribution in [0.5, 0.6) is 11.5 Å². The Hall–Kier alpha value is -2.35. The first-order valence-electron chi connectivity index (χ1n) is 6.54. The van der Waals surface area contributed by atoms with E-state index in [9.17, 15) is 14.9 Å². The topological polar surface area (TPSA) is 117 Å². The maximum absolute atomic E-state index is 12.0. The molecule has 0 fully saturated rings. The Bertz CT molecular complexity index is 573. The summed E-state index contributed by atoms with van der Waals surface area (Å²) in [5, 5.41) is 13.6. The van der Waals surface area contributed by atoms with Gasteiger partial charge in [0.2, 0.25) is 5.91 Å². The zero-order chi connectivity index (χ0) is 15.6. The average Bonchev–Trinajstić information content (AvgIpc) is 2.45. The van der Waals surface area contributed by atoms with Crippen LogP contribution in [0.3, 0.4) is 0 Å². The molecule has 1 heterocycles. The van der Waals surface area contributed by atoms with Gasteiger partial charge in [-0.15, -0.1) is 0 Å². The second-order valence-corrected chi connectivity index (χ2v) is 5.03. The van der Waals surface area contributed by atoms with Crippen LogP contribution in [0.2, 0.25) is 0 Å². The summed E-state index contributed by atoms with van der Waals surface area (Å²) >= 11 is 0. The number of carbonyl (C=O) groups is 1. The van der Waals surface area contributed by atoms with Crippen LogP contribution in [0.1, 0.15) is 13.8 Å². The molecule has 0 bridgehead atoms. The van der Waals surface area contributed by atoms with E-state index >= 15 is 0 Å². The molecule has 8 nitrogen and oxygen atoms in total. The molecule has 0 spiro atoms. The van der Waals surface area contributed by atoms with Crippen molar-refractivity contribution in [2.24, 2.45) is 11.7 Å². The molecule has 1 aromatic carbocycles. The highest BCUT2D eigenvalue weighted by Crippen LogP contribution is 2.39. The largest absolute Gasteiger partial charge is 0.486 e. The minimum Gasteiger partial charge on any atom is -0.486 e. The monoisotopic (exact) mass is 295 g/mol. The van der Waals surface area contributed by atoms with Crippen molar-refractivity contribution in [3.63, 3.8) is 0 Å². The number of carbonyl (C=O) groups excluding carboxylic acids is 1. The van der Waals surface area contributed by atoms with Crippen LogP contribution < -0.4 is 20.5 Å². The number of benzene rings is 1. The molecule has 1 aliphatic heterocycles. The second-order valence-electron chi connectivity index (χ2n) is 5.03. The molecule has 1 unspecified atom stereocenters. The normalized spacial score (nSPS) is 14.7. The van der Waals surface area contributed by atoms with Crippen molar-refractivity contribution in [3.05, 3.63) is 22.2 Å². The summed E-state index contributed by atoms with van der Waals surface area (Å²) in [5.74, 6) is 0.0884. The average molecular weight is 295 g/mol. The first kappa shape index (κ1) is 15.0. The van der Waals surface area contributed by atoms with Crippen LogP contribution in [-0.4, -0.2) is 30.1 Å². The summed E-state index contributed by atoms with van der Waals surface area (Å²) < 4.78 is 10.7. The molecule has 1 amide bonds. The minimum atomic E-state index is -0.752. The third-order valence-electron chi connectivity index (χ3n) is 3.14. The minimum absolute atomic E-state index is 0.0466. The van der Waals surface area contributed by atoms with Crippen LogP contribution in [0, 0.1) is 16.0 Å². The highest BCUT2D eigenvalue weighted by atomic mass is 16.6. The number of amides is 1. The number of fused-ring (bicyclic) bond motifs is 1. The standard InChI is InChI=1S/C13H17N3O5/c1-7(2)12(14)13(17)15-8-5-10-11(21-4-3-20-10)6-9(8)16(18)19/h5-7,12H,3-4,14H2,1-2H3,(H,15,17). The molecule has 1 atom stereocenters.